The fraction of sp³-hybridized carbons (Fsp3) is 0.400. The molecule has 2 heterocycles. The first-order valence-electron chi connectivity index (χ1n) is 6.74. The van der Waals surface area contributed by atoms with Crippen molar-refractivity contribution in [3.05, 3.63) is 45.2 Å². The highest BCUT2D eigenvalue weighted by Crippen LogP contribution is 2.27. The number of thiophene rings is 1. The van der Waals surface area contributed by atoms with Gasteiger partial charge in [-0.1, -0.05) is 6.07 Å². The monoisotopic (exact) mass is 288 g/mol. The Morgan fingerprint density at radius 1 is 1.50 bits per heavy atom. The van der Waals surface area contributed by atoms with Gasteiger partial charge in [0.15, 0.2) is 0 Å². The Labute approximate surface area is 121 Å². The quantitative estimate of drug-likeness (QED) is 0.943. The summed E-state index contributed by atoms with van der Waals surface area (Å²) in [5.41, 5.74) is 3.02. The number of rotatable bonds is 3. The summed E-state index contributed by atoms with van der Waals surface area (Å²) in [6, 6.07) is 4.12. The van der Waals surface area contributed by atoms with Crippen LogP contribution in [0.2, 0.25) is 0 Å². The van der Waals surface area contributed by atoms with Crippen molar-refractivity contribution in [2.45, 2.75) is 32.6 Å². The highest BCUT2D eigenvalue weighted by Gasteiger charge is 2.27. The summed E-state index contributed by atoms with van der Waals surface area (Å²) < 4.78 is 0. The second kappa shape index (κ2) is 5.32. The molecule has 2 aromatic heterocycles. The zero-order chi connectivity index (χ0) is 14.1. The average Bonchev–Trinajstić information content (AvgIpc) is 2.91. The zero-order valence-corrected chi connectivity index (χ0v) is 12.1. The predicted molar refractivity (Wildman–Crippen MR) is 77.0 cm³/mol. The maximum atomic E-state index is 11.1. The van der Waals surface area contributed by atoms with E-state index in [1.165, 1.54) is 4.88 Å². The molecule has 0 aromatic carbocycles. The summed E-state index contributed by atoms with van der Waals surface area (Å²) in [5, 5.41) is 11.2. The molecule has 1 unspecified atom stereocenters. The van der Waals surface area contributed by atoms with Gasteiger partial charge in [0.25, 0.3) is 0 Å². The van der Waals surface area contributed by atoms with Gasteiger partial charge in [-0.05, 0) is 43.2 Å². The lowest BCUT2D eigenvalue weighted by atomic mass is 9.86. The molecule has 0 fully saturated rings. The normalized spacial score (nSPS) is 17.8. The number of fused-ring (bicyclic) bond motifs is 1. The molecule has 0 bridgehead atoms. The number of aromatic nitrogens is 2. The van der Waals surface area contributed by atoms with Crippen molar-refractivity contribution in [2.75, 3.05) is 0 Å². The Bertz CT molecular complexity index is 638. The summed E-state index contributed by atoms with van der Waals surface area (Å²) in [5.74, 6) is -0.150. The fourth-order valence-electron chi connectivity index (χ4n) is 2.71. The molecule has 1 N–H and O–H groups in total. The van der Waals surface area contributed by atoms with E-state index in [1.54, 1.807) is 11.3 Å². The summed E-state index contributed by atoms with van der Waals surface area (Å²) in [7, 11) is 0. The molecule has 0 spiro atoms. The summed E-state index contributed by atoms with van der Waals surface area (Å²) in [6.45, 7) is 1.96. The summed E-state index contributed by atoms with van der Waals surface area (Å²) in [4.78, 5) is 21.6. The lowest BCUT2D eigenvalue weighted by molar-refractivity contribution is -0.142. The first-order chi connectivity index (χ1) is 9.63. The van der Waals surface area contributed by atoms with E-state index in [-0.39, 0.29) is 5.92 Å². The van der Waals surface area contributed by atoms with Gasteiger partial charge in [-0.3, -0.25) is 4.79 Å². The van der Waals surface area contributed by atoms with Crippen molar-refractivity contribution < 1.29 is 9.90 Å². The summed E-state index contributed by atoms with van der Waals surface area (Å²) in [6.07, 6.45) is 2.74. The molecular formula is C15H16N2O2S. The highest BCUT2D eigenvalue weighted by molar-refractivity contribution is 7.09. The van der Waals surface area contributed by atoms with Gasteiger partial charge in [0.2, 0.25) is 0 Å². The fourth-order valence-corrected chi connectivity index (χ4v) is 3.41. The van der Waals surface area contributed by atoms with E-state index in [1.807, 2.05) is 13.0 Å². The van der Waals surface area contributed by atoms with Crippen LogP contribution in [0.5, 0.6) is 0 Å². The zero-order valence-electron chi connectivity index (χ0n) is 11.3. The van der Waals surface area contributed by atoms with Crippen LogP contribution in [-0.2, 0) is 24.1 Å². The van der Waals surface area contributed by atoms with Crippen LogP contribution in [0.15, 0.2) is 17.5 Å². The Hall–Kier alpha value is -1.75. The molecule has 1 aliphatic carbocycles. The van der Waals surface area contributed by atoms with Gasteiger partial charge in [-0.25, -0.2) is 9.97 Å². The maximum absolute atomic E-state index is 11.1. The highest BCUT2D eigenvalue weighted by atomic mass is 32.1. The molecule has 2 aromatic rings. The van der Waals surface area contributed by atoms with Crippen LogP contribution in [0, 0.1) is 12.8 Å². The molecule has 1 atom stereocenters. The molecule has 20 heavy (non-hydrogen) atoms. The molecule has 5 heteroatoms. The van der Waals surface area contributed by atoms with Crippen LogP contribution in [-0.4, -0.2) is 21.0 Å². The minimum Gasteiger partial charge on any atom is -0.481 e. The van der Waals surface area contributed by atoms with E-state index in [0.29, 0.717) is 12.8 Å². The number of carboxylic acids is 1. The van der Waals surface area contributed by atoms with Crippen LogP contribution in [0.3, 0.4) is 0 Å². The number of aliphatic carboxylic acids is 1. The van der Waals surface area contributed by atoms with Gasteiger partial charge in [0.1, 0.15) is 5.82 Å². The first-order valence-corrected chi connectivity index (χ1v) is 7.62. The van der Waals surface area contributed by atoms with Gasteiger partial charge in [0, 0.05) is 22.7 Å². The molecule has 1 aliphatic rings. The second-order valence-electron chi connectivity index (χ2n) is 5.18. The van der Waals surface area contributed by atoms with Gasteiger partial charge in [-0.15, -0.1) is 11.3 Å². The number of hydrogen-bond acceptors (Lipinski definition) is 4. The lowest BCUT2D eigenvalue weighted by Gasteiger charge is -2.22. The minimum absolute atomic E-state index is 0.284. The van der Waals surface area contributed by atoms with Gasteiger partial charge < -0.3 is 5.11 Å². The predicted octanol–water partition coefficient (Wildman–Crippen LogP) is 2.63. The molecule has 0 aliphatic heterocycles. The largest absolute Gasteiger partial charge is 0.481 e. The van der Waals surface area contributed by atoms with E-state index in [0.717, 1.165) is 35.6 Å². The van der Waals surface area contributed by atoms with Crippen molar-refractivity contribution in [3.8, 4) is 0 Å². The Kier molecular flexibility index (Phi) is 3.53. The van der Waals surface area contributed by atoms with Gasteiger partial charge >= 0.3 is 5.97 Å². The van der Waals surface area contributed by atoms with Gasteiger partial charge in [-0.2, -0.15) is 0 Å². The molecule has 0 amide bonds. The Balaban J connectivity index is 1.88. The van der Waals surface area contributed by atoms with E-state index < -0.39 is 5.97 Å². The number of hydrogen-bond donors (Lipinski definition) is 1. The molecule has 0 saturated heterocycles. The first kappa shape index (κ1) is 13.2. The lowest BCUT2D eigenvalue weighted by Crippen LogP contribution is -2.24. The number of carbonyl (C=O) groups is 1. The van der Waals surface area contributed by atoms with Crippen LogP contribution in [0.25, 0.3) is 0 Å². The van der Waals surface area contributed by atoms with Crippen molar-refractivity contribution >= 4 is 17.3 Å². The van der Waals surface area contributed by atoms with Crippen molar-refractivity contribution in [1.29, 1.82) is 0 Å². The SMILES string of the molecule is Cc1nc(Cc2cccs2)nc2c1CC(C(=O)O)CC2. The molecule has 0 saturated carbocycles. The van der Waals surface area contributed by atoms with Gasteiger partial charge in [0.05, 0.1) is 5.92 Å². The number of nitrogens with zero attached hydrogens (tertiary/aromatic N) is 2. The molecule has 4 nitrogen and oxygen atoms in total. The van der Waals surface area contributed by atoms with Crippen LogP contribution < -0.4 is 0 Å². The third-order valence-electron chi connectivity index (χ3n) is 3.79. The molecule has 0 radical (unpaired) electrons. The molecule has 3 rings (SSSR count). The number of carboxylic acid groups (broad SMARTS) is 1. The maximum Gasteiger partial charge on any atom is 0.306 e. The molecular weight excluding hydrogens is 272 g/mol. The van der Waals surface area contributed by atoms with Crippen LogP contribution in [0.1, 0.15) is 34.1 Å². The van der Waals surface area contributed by atoms with Crippen molar-refractivity contribution in [3.63, 3.8) is 0 Å². The average molecular weight is 288 g/mol. The standard InChI is InChI=1S/C15H16N2O2S/c1-9-12-7-10(15(18)19)4-5-13(12)17-14(16-9)8-11-3-2-6-20-11/h2-3,6,10H,4-5,7-8H2,1H3,(H,18,19). The smallest absolute Gasteiger partial charge is 0.306 e. The van der Waals surface area contributed by atoms with E-state index >= 15 is 0 Å². The van der Waals surface area contributed by atoms with E-state index in [4.69, 9.17) is 5.11 Å². The van der Waals surface area contributed by atoms with E-state index in [2.05, 4.69) is 21.4 Å². The van der Waals surface area contributed by atoms with Crippen molar-refractivity contribution in [2.24, 2.45) is 5.92 Å². The summed E-state index contributed by atoms with van der Waals surface area (Å²) >= 11 is 1.71. The minimum atomic E-state index is -0.710. The number of aryl methyl sites for hydroxylation is 2. The van der Waals surface area contributed by atoms with Crippen LogP contribution in [0.4, 0.5) is 0 Å². The third-order valence-corrected chi connectivity index (χ3v) is 4.66. The van der Waals surface area contributed by atoms with Crippen LogP contribution >= 0.6 is 11.3 Å². The van der Waals surface area contributed by atoms with Crippen molar-refractivity contribution in [1.82, 2.24) is 9.97 Å². The Morgan fingerprint density at radius 3 is 3.05 bits per heavy atom. The van der Waals surface area contributed by atoms with E-state index in [9.17, 15) is 4.79 Å². The topological polar surface area (TPSA) is 63.1 Å². The third kappa shape index (κ3) is 2.58. The second-order valence-corrected chi connectivity index (χ2v) is 6.22. The molecule has 104 valence electrons. The Morgan fingerprint density at radius 2 is 2.35 bits per heavy atom.